The van der Waals surface area contributed by atoms with Gasteiger partial charge in [0.25, 0.3) is 0 Å². The summed E-state index contributed by atoms with van der Waals surface area (Å²) < 4.78 is -0.0638. The topological polar surface area (TPSA) is 37.3 Å². The van der Waals surface area contributed by atoms with E-state index >= 15 is 0 Å². The largest absolute Gasteiger partial charge is 0.480 e. The highest BCUT2D eigenvalue weighted by Crippen LogP contribution is 2.31. The molecule has 1 N–H and O–H groups in total. The SMILES string of the molecule is CCCCCCCCCCCCCCSC(=S)SC(C)(C)C(=O)O. The van der Waals surface area contributed by atoms with Crippen molar-refractivity contribution in [3.05, 3.63) is 0 Å². The minimum absolute atomic E-state index is 0.755. The number of thiocarbonyl (C=S) groups is 1. The molecule has 0 aromatic carbocycles. The van der Waals surface area contributed by atoms with Gasteiger partial charge in [-0.25, -0.2) is 0 Å². The number of rotatable bonds is 15. The Bertz CT molecular complexity index is 344. The van der Waals surface area contributed by atoms with Gasteiger partial charge in [-0.2, -0.15) is 0 Å². The second-order valence-electron chi connectivity index (χ2n) is 6.91. The van der Waals surface area contributed by atoms with Crippen molar-refractivity contribution in [3.63, 3.8) is 0 Å². The molecule has 0 aliphatic carbocycles. The maximum atomic E-state index is 11.1. The van der Waals surface area contributed by atoms with Crippen LogP contribution in [0.25, 0.3) is 0 Å². The van der Waals surface area contributed by atoms with Crippen LogP contribution in [0.1, 0.15) is 97.8 Å². The Kier molecular flexibility index (Phi) is 15.7. The molecule has 5 heteroatoms. The zero-order valence-corrected chi connectivity index (χ0v) is 18.2. The van der Waals surface area contributed by atoms with Crippen LogP contribution in [0.15, 0.2) is 0 Å². The summed E-state index contributed by atoms with van der Waals surface area (Å²) >= 11 is 8.19. The summed E-state index contributed by atoms with van der Waals surface area (Å²) in [5, 5.41) is 9.08. The lowest BCUT2D eigenvalue weighted by molar-refractivity contribution is -0.138. The molecule has 0 saturated heterocycles. The van der Waals surface area contributed by atoms with Gasteiger partial charge in [-0.05, 0) is 26.0 Å². The fraction of sp³-hybridized carbons (Fsp3) is 0.895. The lowest BCUT2D eigenvalue weighted by Gasteiger charge is -2.18. The third-order valence-electron chi connectivity index (χ3n) is 4.07. The fourth-order valence-corrected chi connectivity index (χ4v) is 5.38. The lowest BCUT2D eigenvalue weighted by Crippen LogP contribution is -2.28. The minimum Gasteiger partial charge on any atom is -0.480 e. The van der Waals surface area contributed by atoms with E-state index in [9.17, 15) is 4.79 Å². The predicted molar refractivity (Wildman–Crippen MR) is 115 cm³/mol. The zero-order chi connectivity index (χ0) is 18.3. The van der Waals surface area contributed by atoms with E-state index in [0.29, 0.717) is 0 Å². The average Bonchev–Trinajstić information content (AvgIpc) is 2.51. The van der Waals surface area contributed by atoms with Gasteiger partial charge in [0.2, 0.25) is 0 Å². The van der Waals surface area contributed by atoms with Gasteiger partial charge in [0, 0.05) is 0 Å². The molecule has 0 unspecified atom stereocenters. The molecular weight excluding hydrogens is 356 g/mol. The van der Waals surface area contributed by atoms with Crippen molar-refractivity contribution >= 4 is 45.2 Å². The molecule has 0 fully saturated rings. The first kappa shape index (κ1) is 24.3. The number of aliphatic carboxylic acids is 1. The van der Waals surface area contributed by atoms with Gasteiger partial charge in [0.05, 0.1) is 0 Å². The van der Waals surface area contributed by atoms with E-state index in [-0.39, 0.29) is 0 Å². The Balaban J connectivity index is 3.33. The first-order chi connectivity index (χ1) is 11.4. The molecular formula is C19H36O2S3. The fourth-order valence-electron chi connectivity index (χ4n) is 2.38. The molecule has 0 aliphatic heterocycles. The Morgan fingerprint density at radius 2 is 1.29 bits per heavy atom. The number of carboxylic acids is 1. The number of hydrogen-bond acceptors (Lipinski definition) is 4. The molecule has 0 aromatic rings. The summed E-state index contributed by atoms with van der Waals surface area (Å²) in [7, 11) is 0. The maximum Gasteiger partial charge on any atom is 0.319 e. The van der Waals surface area contributed by atoms with Crippen molar-refractivity contribution in [1.29, 1.82) is 0 Å². The molecule has 0 radical (unpaired) electrons. The van der Waals surface area contributed by atoms with Gasteiger partial charge in [0.15, 0.2) is 0 Å². The number of carbonyl (C=O) groups is 1. The molecule has 0 rings (SSSR count). The van der Waals surface area contributed by atoms with Crippen LogP contribution in [-0.2, 0) is 4.79 Å². The van der Waals surface area contributed by atoms with E-state index in [0.717, 1.165) is 9.28 Å². The summed E-state index contributed by atoms with van der Waals surface area (Å²) in [5.74, 6) is 0.208. The average molecular weight is 393 g/mol. The van der Waals surface area contributed by atoms with E-state index in [4.69, 9.17) is 17.3 Å². The van der Waals surface area contributed by atoms with Crippen molar-refractivity contribution < 1.29 is 9.90 Å². The van der Waals surface area contributed by atoms with Crippen molar-refractivity contribution in [2.75, 3.05) is 5.75 Å². The molecule has 2 nitrogen and oxygen atoms in total. The second kappa shape index (κ2) is 15.5. The predicted octanol–water partition coefficient (Wildman–Crippen LogP) is 7.30. The van der Waals surface area contributed by atoms with E-state index in [1.165, 1.54) is 88.8 Å². The molecule has 0 aliphatic rings. The van der Waals surface area contributed by atoms with Crippen molar-refractivity contribution in [3.8, 4) is 0 Å². The molecule has 0 aromatic heterocycles. The van der Waals surface area contributed by atoms with Crippen LogP contribution >= 0.6 is 35.7 Å². The van der Waals surface area contributed by atoms with Gasteiger partial charge in [-0.1, -0.05) is 102 Å². The van der Waals surface area contributed by atoms with Crippen LogP contribution < -0.4 is 0 Å². The van der Waals surface area contributed by atoms with Crippen LogP contribution in [0, 0.1) is 0 Å². The van der Waals surface area contributed by atoms with Crippen LogP contribution in [0.2, 0.25) is 0 Å². The number of hydrogen-bond donors (Lipinski definition) is 1. The normalized spacial score (nSPS) is 11.6. The molecule has 0 atom stereocenters. The molecule has 0 amide bonds. The van der Waals surface area contributed by atoms with Crippen molar-refractivity contribution in [2.24, 2.45) is 0 Å². The highest BCUT2D eigenvalue weighted by molar-refractivity contribution is 8.47. The highest BCUT2D eigenvalue weighted by atomic mass is 32.2. The summed E-state index contributed by atoms with van der Waals surface area (Å²) in [6.07, 6.45) is 16.3. The molecule has 0 spiro atoms. The third-order valence-corrected chi connectivity index (χ3v) is 6.86. The highest BCUT2D eigenvalue weighted by Gasteiger charge is 2.29. The van der Waals surface area contributed by atoms with E-state index in [1.807, 2.05) is 0 Å². The molecule has 0 saturated carbocycles. The quantitative estimate of drug-likeness (QED) is 0.234. The second-order valence-corrected chi connectivity index (χ2v) is 10.8. The molecule has 24 heavy (non-hydrogen) atoms. The van der Waals surface area contributed by atoms with Gasteiger partial charge in [-0.3, -0.25) is 4.79 Å². The Hall–Kier alpha value is 0.260. The molecule has 0 heterocycles. The van der Waals surface area contributed by atoms with Gasteiger partial charge in [-0.15, -0.1) is 11.8 Å². The van der Waals surface area contributed by atoms with Gasteiger partial charge >= 0.3 is 5.97 Å². The van der Waals surface area contributed by atoms with Crippen LogP contribution in [0.5, 0.6) is 0 Å². The minimum atomic E-state index is -0.819. The lowest BCUT2D eigenvalue weighted by atomic mass is 10.1. The summed E-state index contributed by atoms with van der Waals surface area (Å²) in [6, 6.07) is 0. The first-order valence-electron chi connectivity index (χ1n) is 9.49. The van der Waals surface area contributed by atoms with Crippen molar-refractivity contribution in [1.82, 2.24) is 0 Å². The van der Waals surface area contributed by atoms with E-state index in [1.54, 1.807) is 25.6 Å². The Morgan fingerprint density at radius 3 is 1.71 bits per heavy atom. The zero-order valence-electron chi connectivity index (χ0n) is 15.8. The van der Waals surface area contributed by atoms with Crippen LogP contribution in [0.3, 0.4) is 0 Å². The molecule has 142 valence electrons. The number of carboxylic acid groups (broad SMARTS) is 1. The van der Waals surface area contributed by atoms with E-state index in [2.05, 4.69) is 6.92 Å². The van der Waals surface area contributed by atoms with Gasteiger partial charge in [0.1, 0.15) is 8.28 Å². The standard InChI is InChI=1S/C19H36O2S3/c1-4-5-6-7-8-9-10-11-12-13-14-15-16-23-18(22)24-19(2,3)17(20)21/h4-16H2,1-3H3,(H,20,21). The summed E-state index contributed by atoms with van der Waals surface area (Å²) in [5.41, 5.74) is 0. The van der Waals surface area contributed by atoms with Crippen LogP contribution in [0.4, 0.5) is 0 Å². The number of thioether (sulfide) groups is 2. The van der Waals surface area contributed by atoms with Crippen molar-refractivity contribution in [2.45, 2.75) is 103 Å². The van der Waals surface area contributed by atoms with Gasteiger partial charge < -0.3 is 5.11 Å². The molecule has 0 bridgehead atoms. The van der Waals surface area contributed by atoms with Crippen LogP contribution in [-0.4, -0.2) is 25.1 Å². The monoisotopic (exact) mass is 392 g/mol. The Labute approximate surface area is 163 Å². The summed E-state index contributed by atoms with van der Waals surface area (Å²) in [4.78, 5) is 11.1. The Morgan fingerprint density at radius 1 is 0.875 bits per heavy atom. The summed E-state index contributed by atoms with van der Waals surface area (Å²) in [6.45, 7) is 5.68. The maximum absolute atomic E-state index is 11.1. The van der Waals surface area contributed by atoms with E-state index < -0.39 is 10.7 Å². The first-order valence-corrected chi connectivity index (χ1v) is 11.7. The third kappa shape index (κ3) is 14.6. The smallest absolute Gasteiger partial charge is 0.319 e. The number of unbranched alkanes of at least 4 members (excludes halogenated alkanes) is 11.